The molecule has 0 saturated heterocycles. The first-order valence-electron chi connectivity index (χ1n) is 5.60. The van der Waals surface area contributed by atoms with Crippen molar-refractivity contribution in [2.45, 2.75) is 6.92 Å². The number of anilines is 2. The van der Waals surface area contributed by atoms with Crippen LogP contribution in [0.1, 0.15) is 15.9 Å². The van der Waals surface area contributed by atoms with Crippen LogP contribution in [0.4, 0.5) is 15.8 Å². The van der Waals surface area contributed by atoms with E-state index < -0.39 is 5.82 Å². The molecule has 0 radical (unpaired) electrons. The smallest absolute Gasteiger partial charge is 0.256 e. The maximum atomic E-state index is 13.1. The zero-order valence-electron chi connectivity index (χ0n) is 10.2. The maximum Gasteiger partial charge on any atom is 0.256 e. The van der Waals surface area contributed by atoms with Crippen molar-refractivity contribution in [3.05, 3.63) is 58.4 Å². The highest BCUT2D eigenvalue weighted by molar-refractivity contribution is 6.33. The van der Waals surface area contributed by atoms with Crippen LogP contribution in [0.25, 0.3) is 0 Å². The highest BCUT2D eigenvalue weighted by Crippen LogP contribution is 2.24. The lowest BCUT2D eigenvalue weighted by Crippen LogP contribution is -2.14. The van der Waals surface area contributed by atoms with Crippen LogP contribution in [0, 0.1) is 12.7 Å². The summed E-state index contributed by atoms with van der Waals surface area (Å²) in [7, 11) is 0. The number of benzene rings is 2. The van der Waals surface area contributed by atoms with Crippen molar-refractivity contribution in [1.29, 1.82) is 0 Å². The Morgan fingerprint density at radius 3 is 2.79 bits per heavy atom. The predicted molar refractivity (Wildman–Crippen MR) is 75.0 cm³/mol. The van der Waals surface area contributed by atoms with E-state index in [-0.39, 0.29) is 16.6 Å². The summed E-state index contributed by atoms with van der Waals surface area (Å²) < 4.78 is 13.1. The highest BCUT2D eigenvalue weighted by Gasteiger charge is 2.12. The monoisotopic (exact) mass is 278 g/mol. The Kier molecular flexibility index (Phi) is 3.71. The number of nitrogen functional groups attached to an aromatic ring is 1. The molecule has 0 aromatic heterocycles. The summed E-state index contributed by atoms with van der Waals surface area (Å²) in [5.41, 5.74) is 7.60. The van der Waals surface area contributed by atoms with E-state index in [1.54, 1.807) is 25.1 Å². The minimum absolute atomic E-state index is 0.230. The van der Waals surface area contributed by atoms with E-state index in [2.05, 4.69) is 5.32 Å². The van der Waals surface area contributed by atoms with Gasteiger partial charge in [0, 0.05) is 11.3 Å². The second kappa shape index (κ2) is 5.28. The van der Waals surface area contributed by atoms with Gasteiger partial charge in [0.2, 0.25) is 0 Å². The third-order valence-electron chi connectivity index (χ3n) is 2.80. The standard InChI is InChI=1S/C14H12ClFN2O/c1-8-10(3-2-4-12(8)17)14(19)18-13-7-9(16)5-6-11(13)15/h2-7H,17H2,1H3,(H,18,19). The summed E-state index contributed by atoms with van der Waals surface area (Å²) in [4.78, 5) is 12.1. The van der Waals surface area contributed by atoms with Gasteiger partial charge in [-0.05, 0) is 42.8 Å². The second-order valence-electron chi connectivity index (χ2n) is 4.10. The molecule has 0 spiro atoms. The molecule has 1 amide bonds. The lowest BCUT2D eigenvalue weighted by molar-refractivity contribution is 0.102. The van der Waals surface area contributed by atoms with E-state index in [9.17, 15) is 9.18 Å². The van der Waals surface area contributed by atoms with Gasteiger partial charge >= 0.3 is 0 Å². The van der Waals surface area contributed by atoms with Crippen LogP contribution in [0.3, 0.4) is 0 Å². The van der Waals surface area contributed by atoms with Gasteiger partial charge in [0.15, 0.2) is 0 Å². The van der Waals surface area contributed by atoms with Crippen LogP contribution in [-0.2, 0) is 0 Å². The summed E-state index contributed by atoms with van der Waals surface area (Å²) in [6, 6.07) is 8.82. The summed E-state index contributed by atoms with van der Waals surface area (Å²) in [6.07, 6.45) is 0. The van der Waals surface area contributed by atoms with Crippen molar-refractivity contribution in [1.82, 2.24) is 0 Å². The van der Waals surface area contributed by atoms with Gasteiger partial charge < -0.3 is 11.1 Å². The van der Waals surface area contributed by atoms with Crippen LogP contribution in [0.2, 0.25) is 5.02 Å². The average molecular weight is 279 g/mol. The zero-order chi connectivity index (χ0) is 14.0. The number of halogens is 2. The Labute approximate surface area is 115 Å². The Balaban J connectivity index is 2.31. The summed E-state index contributed by atoms with van der Waals surface area (Å²) >= 11 is 5.89. The molecule has 0 saturated carbocycles. The maximum absolute atomic E-state index is 13.1. The van der Waals surface area contributed by atoms with Crippen molar-refractivity contribution in [3.8, 4) is 0 Å². The lowest BCUT2D eigenvalue weighted by Gasteiger charge is -2.10. The fourth-order valence-corrected chi connectivity index (χ4v) is 1.85. The molecule has 0 atom stereocenters. The topological polar surface area (TPSA) is 55.1 Å². The molecule has 0 unspecified atom stereocenters. The van der Waals surface area contributed by atoms with E-state index >= 15 is 0 Å². The number of hydrogen-bond acceptors (Lipinski definition) is 2. The first kappa shape index (κ1) is 13.4. The molecule has 2 rings (SSSR count). The third kappa shape index (κ3) is 2.85. The van der Waals surface area contributed by atoms with E-state index in [0.717, 1.165) is 0 Å². The number of nitrogens with two attached hydrogens (primary N) is 1. The SMILES string of the molecule is Cc1c(N)cccc1C(=O)Nc1cc(F)ccc1Cl. The summed E-state index contributed by atoms with van der Waals surface area (Å²) in [5.74, 6) is -0.846. The minimum atomic E-state index is -0.469. The molecular formula is C14H12ClFN2O. The summed E-state index contributed by atoms with van der Waals surface area (Å²) in [6.45, 7) is 1.75. The molecule has 19 heavy (non-hydrogen) atoms. The fraction of sp³-hybridized carbons (Fsp3) is 0.0714. The van der Waals surface area contributed by atoms with Crippen LogP contribution in [0.15, 0.2) is 36.4 Å². The van der Waals surface area contributed by atoms with Gasteiger partial charge in [0.1, 0.15) is 5.82 Å². The van der Waals surface area contributed by atoms with Gasteiger partial charge in [-0.25, -0.2) is 4.39 Å². The van der Waals surface area contributed by atoms with Crippen LogP contribution < -0.4 is 11.1 Å². The van der Waals surface area contributed by atoms with E-state index in [0.29, 0.717) is 16.8 Å². The lowest BCUT2D eigenvalue weighted by atomic mass is 10.1. The number of nitrogens with one attached hydrogen (secondary N) is 1. The van der Waals surface area contributed by atoms with Crippen LogP contribution >= 0.6 is 11.6 Å². The molecule has 5 heteroatoms. The molecule has 3 N–H and O–H groups in total. The molecule has 0 bridgehead atoms. The van der Waals surface area contributed by atoms with E-state index in [1.807, 2.05) is 0 Å². The minimum Gasteiger partial charge on any atom is -0.398 e. The molecule has 0 aliphatic rings. The highest BCUT2D eigenvalue weighted by atomic mass is 35.5. The fourth-order valence-electron chi connectivity index (χ4n) is 1.68. The van der Waals surface area contributed by atoms with Crippen molar-refractivity contribution in [2.75, 3.05) is 11.1 Å². The first-order valence-corrected chi connectivity index (χ1v) is 5.98. The zero-order valence-corrected chi connectivity index (χ0v) is 11.0. The van der Waals surface area contributed by atoms with Crippen molar-refractivity contribution >= 4 is 28.9 Å². The molecular weight excluding hydrogens is 267 g/mol. The number of hydrogen-bond donors (Lipinski definition) is 2. The molecule has 0 aliphatic carbocycles. The predicted octanol–water partition coefficient (Wildman–Crippen LogP) is 3.62. The van der Waals surface area contributed by atoms with Crippen molar-refractivity contribution < 1.29 is 9.18 Å². The molecule has 2 aromatic rings. The molecule has 98 valence electrons. The third-order valence-corrected chi connectivity index (χ3v) is 3.13. The number of amides is 1. The van der Waals surface area contributed by atoms with Gasteiger partial charge in [-0.2, -0.15) is 0 Å². The number of carbonyl (C=O) groups is 1. The Bertz CT molecular complexity index is 643. The van der Waals surface area contributed by atoms with E-state index in [4.69, 9.17) is 17.3 Å². The van der Waals surface area contributed by atoms with Crippen molar-refractivity contribution in [2.24, 2.45) is 0 Å². The quantitative estimate of drug-likeness (QED) is 0.824. The molecule has 0 fully saturated rings. The summed E-state index contributed by atoms with van der Waals surface area (Å²) in [5, 5.41) is 2.84. The van der Waals surface area contributed by atoms with Gasteiger partial charge in [-0.1, -0.05) is 17.7 Å². The molecule has 2 aromatic carbocycles. The Hall–Kier alpha value is -2.07. The molecule has 0 heterocycles. The largest absolute Gasteiger partial charge is 0.398 e. The Morgan fingerprint density at radius 2 is 2.05 bits per heavy atom. The van der Waals surface area contributed by atoms with Crippen molar-refractivity contribution in [3.63, 3.8) is 0 Å². The van der Waals surface area contributed by atoms with Gasteiger partial charge in [-0.3, -0.25) is 4.79 Å². The normalized spacial score (nSPS) is 10.3. The number of rotatable bonds is 2. The van der Waals surface area contributed by atoms with Crippen LogP contribution in [-0.4, -0.2) is 5.91 Å². The van der Waals surface area contributed by atoms with Gasteiger partial charge in [-0.15, -0.1) is 0 Å². The molecule has 3 nitrogen and oxygen atoms in total. The van der Waals surface area contributed by atoms with Gasteiger partial charge in [0.25, 0.3) is 5.91 Å². The average Bonchev–Trinajstić information content (AvgIpc) is 2.37. The molecule has 0 aliphatic heterocycles. The Morgan fingerprint density at radius 1 is 1.32 bits per heavy atom. The van der Waals surface area contributed by atoms with Crippen LogP contribution in [0.5, 0.6) is 0 Å². The first-order chi connectivity index (χ1) is 8.99. The van der Waals surface area contributed by atoms with E-state index in [1.165, 1.54) is 18.2 Å². The number of carbonyl (C=O) groups excluding carboxylic acids is 1. The van der Waals surface area contributed by atoms with Gasteiger partial charge in [0.05, 0.1) is 10.7 Å². The second-order valence-corrected chi connectivity index (χ2v) is 4.51.